The quantitative estimate of drug-likeness (QED) is 0.866. The van der Waals surface area contributed by atoms with Gasteiger partial charge in [-0.05, 0) is 54.2 Å². The van der Waals surface area contributed by atoms with Crippen molar-refractivity contribution in [3.05, 3.63) is 59.7 Å². The number of hydrogen-bond donors (Lipinski definition) is 1. The van der Waals surface area contributed by atoms with Crippen molar-refractivity contribution >= 4 is 15.7 Å². The van der Waals surface area contributed by atoms with E-state index in [1.165, 1.54) is 0 Å². The number of aryl methyl sites for hydroxylation is 1. The second kappa shape index (κ2) is 6.97. The molecule has 22 heavy (non-hydrogen) atoms. The first kappa shape index (κ1) is 16.6. The smallest absolute Gasteiger partial charge is 0.261 e. The van der Waals surface area contributed by atoms with Gasteiger partial charge in [-0.15, -0.1) is 0 Å². The fourth-order valence-corrected chi connectivity index (χ4v) is 3.39. The Bertz CT molecular complexity index is 719. The van der Waals surface area contributed by atoms with Crippen LogP contribution in [0.25, 0.3) is 0 Å². The fraction of sp³-hybridized carbons (Fsp3) is 0.333. The Morgan fingerprint density at radius 2 is 1.68 bits per heavy atom. The summed E-state index contributed by atoms with van der Waals surface area (Å²) in [6, 6.07) is 14.6. The van der Waals surface area contributed by atoms with Gasteiger partial charge in [-0.2, -0.15) is 0 Å². The zero-order chi connectivity index (χ0) is 16.2. The van der Waals surface area contributed by atoms with Gasteiger partial charge in [0.2, 0.25) is 0 Å². The van der Waals surface area contributed by atoms with E-state index >= 15 is 0 Å². The summed E-state index contributed by atoms with van der Waals surface area (Å²) < 4.78 is 27.5. The molecule has 0 aliphatic carbocycles. The van der Waals surface area contributed by atoms with Crippen LogP contribution in [0, 0.1) is 5.92 Å². The van der Waals surface area contributed by atoms with Crippen LogP contribution < -0.4 is 4.72 Å². The molecule has 0 amide bonds. The van der Waals surface area contributed by atoms with Gasteiger partial charge in [-0.3, -0.25) is 4.72 Å². The van der Waals surface area contributed by atoms with Crippen molar-refractivity contribution in [3.8, 4) is 0 Å². The van der Waals surface area contributed by atoms with Crippen LogP contribution in [0.4, 0.5) is 5.69 Å². The number of anilines is 1. The van der Waals surface area contributed by atoms with Gasteiger partial charge in [0.25, 0.3) is 10.0 Å². The number of nitrogens with one attached hydrogen (secondary N) is 1. The highest BCUT2D eigenvalue weighted by atomic mass is 32.2. The highest BCUT2D eigenvalue weighted by Crippen LogP contribution is 2.19. The van der Waals surface area contributed by atoms with Gasteiger partial charge in [-0.25, -0.2) is 8.42 Å². The van der Waals surface area contributed by atoms with Crippen molar-refractivity contribution in [2.24, 2.45) is 5.92 Å². The van der Waals surface area contributed by atoms with Crippen LogP contribution in [0.2, 0.25) is 0 Å². The molecule has 0 saturated heterocycles. The summed E-state index contributed by atoms with van der Waals surface area (Å²) in [7, 11) is -3.53. The Hall–Kier alpha value is -1.81. The van der Waals surface area contributed by atoms with E-state index in [9.17, 15) is 8.42 Å². The molecule has 0 fully saturated rings. The summed E-state index contributed by atoms with van der Waals surface area (Å²) in [4.78, 5) is 0.293. The third-order valence-electron chi connectivity index (χ3n) is 3.47. The minimum atomic E-state index is -3.53. The fourth-order valence-electron chi connectivity index (χ4n) is 2.34. The van der Waals surface area contributed by atoms with E-state index in [0.717, 1.165) is 24.0 Å². The summed E-state index contributed by atoms with van der Waals surface area (Å²) in [6.45, 7) is 6.33. The van der Waals surface area contributed by atoms with E-state index in [1.54, 1.807) is 18.2 Å². The Labute approximate surface area is 133 Å². The summed E-state index contributed by atoms with van der Waals surface area (Å²) in [5.41, 5.74) is 2.86. The van der Waals surface area contributed by atoms with Crippen LogP contribution in [0.5, 0.6) is 0 Å². The van der Waals surface area contributed by atoms with E-state index in [1.807, 2.05) is 37.3 Å². The summed E-state index contributed by atoms with van der Waals surface area (Å²) >= 11 is 0. The minimum Gasteiger partial charge on any atom is -0.280 e. The topological polar surface area (TPSA) is 46.2 Å². The Morgan fingerprint density at radius 1 is 1.00 bits per heavy atom. The number of benzene rings is 2. The van der Waals surface area contributed by atoms with Crippen LogP contribution in [0.15, 0.2) is 53.4 Å². The molecular formula is C18H23NO2S. The van der Waals surface area contributed by atoms with Gasteiger partial charge < -0.3 is 0 Å². The summed E-state index contributed by atoms with van der Waals surface area (Å²) in [5, 5.41) is 0. The molecule has 3 nitrogen and oxygen atoms in total. The monoisotopic (exact) mass is 317 g/mol. The second-order valence-electron chi connectivity index (χ2n) is 5.90. The lowest BCUT2D eigenvalue weighted by Crippen LogP contribution is -2.13. The number of rotatable bonds is 6. The molecule has 2 aromatic carbocycles. The van der Waals surface area contributed by atoms with E-state index < -0.39 is 10.0 Å². The SMILES string of the molecule is CCc1cccc(NS(=O)(=O)c2ccc(CC(C)C)cc2)c1. The molecule has 118 valence electrons. The molecule has 0 aliphatic heterocycles. The number of sulfonamides is 1. The average molecular weight is 317 g/mol. The molecular weight excluding hydrogens is 294 g/mol. The zero-order valence-electron chi connectivity index (χ0n) is 13.3. The predicted octanol–water partition coefficient (Wildman–Crippen LogP) is 4.25. The summed E-state index contributed by atoms with van der Waals surface area (Å²) in [6.07, 6.45) is 1.83. The lowest BCUT2D eigenvalue weighted by molar-refractivity contribution is 0.601. The molecule has 0 atom stereocenters. The maximum absolute atomic E-state index is 12.4. The van der Waals surface area contributed by atoms with E-state index in [2.05, 4.69) is 18.6 Å². The standard InChI is InChI=1S/C18H23NO2S/c1-4-15-6-5-7-17(13-15)19-22(20,21)18-10-8-16(9-11-18)12-14(2)3/h5-11,13-14,19H,4,12H2,1-3H3. The first-order chi connectivity index (χ1) is 10.4. The lowest BCUT2D eigenvalue weighted by Gasteiger charge is -2.10. The predicted molar refractivity (Wildman–Crippen MR) is 91.6 cm³/mol. The first-order valence-electron chi connectivity index (χ1n) is 7.61. The third-order valence-corrected chi connectivity index (χ3v) is 4.86. The molecule has 0 spiro atoms. The van der Waals surface area contributed by atoms with Crippen LogP contribution in [0.3, 0.4) is 0 Å². The van der Waals surface area contributed by atoms with Gasteiger partial charge in [0, 0.05) is 5.69 Å². The molecule has 4 heteroatoms. The van der Waals surface area contributed by atoms with Crippen molar-refractivity contribution in [1.82, 2.24) is 0 Å². The maximum atomic E-state index is 12.4. The Morgan fingerprint density at radius 3 is 2.27 bits per heavy atom. The molecule has 0 bridgehead atoms. The van der Waals surface area contributed by atoms with Crippen molar-refractivity contribution in [3.63, 3.8) is 0 Å². The molecule has 2 rings (SSSR count). The Balaban J connectivity index is 2.19. The van der Waals surface area contributed by atoms with E-state index in [-0.39, 0.29) is 0 Å². The average Bonchev–Trinajstić information content (AvgIpc) is 2.47. The van der Waals surface area contributed by atoms with Crippen molar-refractivity contribution in [1.29, 1.82) is 0 Å². The molecule has 0 heterocycles. The largest absolute Gasteiger partial charge is 0.280 e. The van der Waals surface area contributed by atoms with Crippen LogP contribution >= 0.6 is 0 Å². The van der Waals surface area contributed by atoms with Crippen LogP contribution in [0.1, 0.15) is 31.9 Å². The van der Waals surface area contributed by atoms with Gasteiger partial charge in [0.1, 0.15) is 0 Å². The molecule has 0 unspecified atom stereocenters. The highest BCUT2D eigenvalue weighted by molar-refractivity contribution is 7.92. The summed E-state index contributed by atoms with van der Waals surface area (Å²) in [5.74, 6) is 0.553. The first-order valence-corrected chi connectivity index (χ1v) is 9.09. The molecule has 1 N–H and O–H groups in total. The van der Waals surface area contributed by atoms with E-state index in [0.29, 0.717) is 16.5 Å². The van der Waals surface area contributed by atoms with Crippen LogP contribution in [-0.2, 0) is 22.9 Å². The van der Waals surface area contributed by atoms with Gasteiger partial charge >= 0.3 is 0 Å². The normalized spacial score (nSPS) is 11.6. The van der Waals surface area contributed by atoms with Crippen molar-refractivity contribution in [2.45, 2.75) is 38.5 Å². The second-order valence-corrected chi connectivity index (χ2v) is 7.58. The minimum absolute atomic E-state index is 0.293. The zero-order valence-corrected chi connectivity index (χ0v) is 14.2. The Kier molecular flexibility index (Phi) is 5.24. The number of hydrogen-bond acceptors (Lipinski definition) is 2. The lowest BCUT2D eigenvalue weighted by atomic mass is 10.0. The third kappa shape index (κ3) is 4.34. The molecule has 0 aliphatic rings. The van der Waals surface area contributed by atoms with Gasteiger partial charge in [-0.1, -0.05) is 45.0 Å². The van der Waals surface area contributed by atoms with Crippen molar-refractivity contribution in [2.75, 3.05) is 4.72 Å². The molecule has 2 aromatic rings. The highest BCUT2D eigenvalue weighted by Gasteiger charge is 2.14. The van der Waals surface area contributed by atoms with Crippen molar-refractivity contribution < 1.29 is 8.42 Å². The molecule has 0 aromatic heterocycles. The van der Waals surface area contributed by atoms with E-state index in [4.69, 9.17) is 0 Å². The van der Waals surface area contributed by atoms with Crippen LogP contribution in [-0.4, -0.2) is 8.42 Å². The van der Waals surface area contributed by atoms with Gasteiger partial charge in [0.05, 0.1) is 4.90 Å². The van der Waals surface area contributed by atoms with Gasteiger partial charge in [0.15, 0.2) is 0 Å². The molecule has 0 saturated carbocycles. The molecule has 0 radical (unpaired) electrons. The maximum Gasteiger partial charge on any atom is 0.261 e.